The number of fused-ring (bicyclic) bond motifs is 1. The van der Waals surface area contributed by atoms with Gasteiger partial charge in [-0.05, 0) is 24.6 Å². The Bertz CT molecular complexity index is 639. The third-order valence-electron chi connectivity index (χ3n) is 3.14. The average molecular weight is 257 g/mol. The molecule has 100 valence electrons. The van der Waals surface area contributed by atoms with Crippen molar-refractivity contribution in [3.63, 3.8) is 0 Å². The van der Waals surface area contributed by atoms with Crippen molar-refractivity contribution in [3.05, 3.63) is 41.1 Å². The molecular weight excluding hydrogens is 238 g/mol. The Morgan fingerprint density at radius 3 is 2.47 bits per heavy atom. The lowest BCUT2D eigenvalue weighted by Gasteiger charge is -2.19. The maximum Gasteiger partial charge on any atom is 0.338 e. The van der Waals surface area contributed by atoms with E-state index in [9.17, 15) is 4.79 Å². The molecule has 0 saturated heterocycles. The number of carbonyl (C=O) groups excluding carboxylic acids is 1. The van der Waals surface area contributed by atoms with Gasteiger partial charge in [0.05, 0.1) is 18.2 Å². The van der Waals surface area contributed by atoms with Crippen LogP contribution in [0.2, 0.25) is 0 Å². The molecule has 2 rings (SSSR count). The lowest BCUT2D eigenvalue weighted by atomic mass is 9.89. The minimum Gasteiger partial charge on any atom is -0.465 e. The molecule has 0 saturated carbocycles. The number of ether oxygens (including phenoxy) is 1. The van der Waals surface area contributed by atoms with Crippen LogP contribution in [0.5, 0.6) is 0 Å². The molecule has 2 aromatic rings. The first kappa shape index (κ1) is 13.5. The molecule has 3 nitrogen and oxygen atoms in total. The average Bonchev–Trinajstić information content (AvgIpc) is 2.34. The molecule has 0 aliphatic rings. The summed E-state index contributed by atoms with van der Waals surface area (Å²) < 4.78 is 4.88. The molecule has 0 spiro atoms. The molecular formula is C16H19NO2. The van der Waals surface area contributed by atoms with Crippen LogP contribution in [0, 0.1) is 6.92 Å². The van der Waals surface area contributed by atoms with Crippen molar-refractivity contribution in [1.29, 1.82) is 0 Å². The number of hydrogen-bond acceptors (Lipinski definition) is 3. The van der Waals surface area contributed by atoms with E-state index in [1.165, 1.54) is 7.11 Å². The number of esters is 1. The molecule has 1 aromatic heterocycles. The predicted octanol–water partition coefficient (Wildman–Crippen LogP) is 3.63. The highest BCUT2D eigenvalue weighted by Gasteiger charge is 2.20. The van der Waals surface area contributed by atoms with E-state index < -0.39 is 0 Å². The maximum atomic E-state index is 11.9. The lowest BCUT2D eigenvalue weighted by Crippen LogP contribution is -2.15. The number of aryl methyl sites for hydroxylation is 1. The minimum atomic E-state index is -0.318. The highest BCUT2D eigenvalue weighted by molar-refractivity contribution is 6.03. The summed E-state index contributed by atoms with van der Waals surface area (Å²) in [6.07, 6.45) is 0. The van der Waals surface area contributed by atoms with E-state index in [1.54, 1.807) is 0 Å². The topological polar surface area (TPSA) is 39.2 Å². The molecule has 19 heavy (non-hydrogen) atoms. The first-order valence-corrected chi connectivity index (χ1v) is 6.33. The molecule has 0 aliphatic carbocycles. The summed E-state index contributed by atoms with van der Waals surface area (Å²) in [6.45, 7) is 8.26. The van der Waals surface area contributed by atoms with Gasteiger partial charge in [0.2, 0.25) is 0 Å². The van der Waals surface area contributed by atoms with Crippen molar-refractivity contribution in [2.75, 3.05) is 7.11 Å². The van der Waals surface area contributed by atoms with Gasteiger partial charge in [-0.15, -0.1) is 0 Å². The second-order valence-corrected chi connectivity index (χ2v) is 5.82. The Kier molecular flexibility index (Phi) is 3.31. The van der Waals surface area contributed by atoms with Crippen LogP contribution in [0.3, 0.4) is 0 Å². The zero-order valence-corrected chi connectivity index (χ0v) is 12.1. The Hall–Kier alpha value is -1.90. The summed E-state index contributed by atoms with van der Waals surface area (Å²) in [5, 5.41) is 0.838. The molecule has 0 fully saturated rings. The monoisotopic (exact) mass is 257 g/mol. The van der Waals surface area contributed by atoms with E-state index in [4.69, 9.17) is 4.74 Å². The van der Waals surface area contributed by atoms with Crippen molar-refractivity contribution < 1.29 is 9.53 Å². The number of pyridine rings is 1. The molecule has 0 atom stereocenters. The maximum absolute atomic E-state index is 11.9. The largest absolute Gasteiger partial charge is 0.465 e. The van der Waals surface area contributed by atoms with E-state index in [0.29, 0.717) is 5.56 Å². The van der Waals surface area contributed by atoms with Gasteiger partial charge in [0.15, 0.2) is 0 Å². The third-order valence-corrected chi connectivity index (χ3v) is 3.14. The van der Waals surface area contributed by atoms with Gasteiger partial charge < -0.3 is 4.74 Å². The van der Waals surface area contributed by atoms with Crippen LogP contribution in [-0.4, -0.2) is 18.1 Å². The molecule has 0 radical (unpaired) electrons. The Morgan fingerprint density at radius 2 is 1.89 bits per heavy atom. The fourth-order valence-corrected chi connectivity index (χ4v) is 2.00. The minimum absolute atomic E-state index is 0.110. The number of aromatic nitrogens is 1. The zero-order valence-electron chi connectivity index (χ0n) is 12.1. The molecule has 1 aromatic carbocycles. The van der Waals surface area contributed by atoms with Crippen LogP contribution in [0.25, 0.3) is 10.9 Å². The smallest absolute Gasteiger partial charge is 0.338 e. The zero-order chi connectivity index (χ0) is 14.2. The van der Waals surface area contributed by atoms with E-state index in [-0.39, 0.29) is 11.4 Å². The van der Waals surface area contributed by atoms with Crippen molar-refractivity contribution in [1.82, 2.24) is 4.98 Å². The van der Waals surface area contributed by atoms with E-state index >= 15 is 0 Å². The Balaban J connectivity index is 2.80. The molecule has 0 amide bonds. The highest BCUT2D eigenvalue weighted by atomic mass is 16.5. The highest BCUT2D eigenvalue weighted by Crippen LogP contribution is 2.27. The number of rotatable bonds is 1. The summed E-state index contributed by atoms with van der Waals surface area (Å²) in [7, 11) is 1.40. The van der Waals surface area contributed by atoms with Gasteiger partial charge in [-0.3, -0.25) is 4.98 Å². The molecule has 1 heterocycles. The summed E-state index contributed by atoms with van der Waals surface area (Å²) >= 11 is 0. The standard InChI is InChI=1S/C16H19NO2/c1-10-6-7-11-12(15(18)19-5)9-14(16(2,3)4)17-13(11)8-10/h6-9H,1-5H3. The fourth-order valence-electron chi connectivity index (χ4n) is 2.00. The number of nitrogens with zero attached hydrogens (tertiary/aromatic N) is 1. The number of carbonyl (C=O) groups is 1. The van der Waals surface area contributed by atoms with E-state index in [2.05, 4.69) is 25.8 Å². The Morgan fingerprint density at radius 1 is 1.21 bits per heavy atom. The third kappa shape index (κ3) is 2.60. The van der Waals surface area contributed by atoms with Crippen LogP contribution in [0.1, 0.15) is 42.4 Å². The van der Waals surface area contributed by atoms with Crippen molar-refractivity contribution in [3.8, 4) is 0 Å². The second kappa shape index (κ2) is 4.65. The van der Waals surface area contributed by atoms with Gasteiger partial charge in [-0.25, -0.2) is 4.79 Å². The number of methoxy groups -OCH3 is 1. The van der Waals surface area contributed by atoms with Crippen LogP contribution in [0.4, 0.5) is 0 Å². The van der Waals surface area contributed by atoms with E-state index in [1.807, 2.05) is 31.2 Å². The van der Waals surface area contributed by atoms with E-state index in [0.717, 1.165) is 22.2 Å². The van der Waals surface area contributed by atoms with Crippen molar-refractivity contribution in [2.45, 2.75) is 33.1 Å². The Labute approximate surface area is 113 Å². The van der Waals surface area contributed by atoms with Gasteiger partial charge >= 0.3 is 5.97 Å². The van der Waals surface area contributed by atoms with Crippen LogP contribution < -0.4 is 0 Å². The van der Waals surface area contributed by atoms with Gasteiger partial charge in [-0.2, -0.15) is 0 Å². The fraction of sp³-hybridized carbons (Fsp3) is 0.375. The van der Waals surface area contributed by atoms with Crippen LogP contribution >= 0.6 is 0 Å². The summed E-state index contributed by atoms with van der Waals surface area (Å²) in [5.74, 6) is -0.318. The predicted molar refractivity (Wildman–Crippen MR) is 76.5 cm³/mol. The first-order chi connectivity index (χ1) is 8.82. The van der Waals surface area contributed by atoms with Crippen LogP contribution in [0.15, 0.2) is 24.3 Å². The molecule has 0 aliphatic heterocycles. The van der Waals surface area contributed by atoms with Gasteiger partial charge in [-0.1, -0.05) is 32.9 Å². The van der Waals surface area contributed by atoms with Crippen LogP contribution in [-0.2, 0) is 10.2 Å². The number of hydrogen-bond donors (Lipinski definition) is 0. The normalized spacial score (nSPS) is 11.6. The summed E-state index contributed by atoms with van der Waals surface area (Å²) in [5.41, 5.74) is 3.33. The van der Waals surface area contributed by atoms with Crippen molar-refractivity contribution >= 4 is 16.9 Å². The quantitative estimate of drug-likeness (QED) is 0.732. The lowest BCUT2D eigenvalue weighted by molar-refractivity contribution is 0.0602. The summed E-state index contributed by atoms with van der Waals surface area (Å²) in [6, 6.07) is 7.74. The number of benzene rings is 1. The molecule has 0 bridgehead atoms. The molecule has 0 unspecified atom stereocenters. The summed E-state index contributed by atoms with van der Waals surface area (Å²) in [4.78, 5) is 16.6. The molecule has 0 N–H and O–H groups in total. The van der Waals surface area contributed by atoms with Gasteiger partial charge in [0.1, 0.15) is 0 Å². The first-order valence-electron chi connectivity index (χ1n) is 6.33. The van der Waals surface area contributed by atoms with Gasteiger partial charge in [0.25, 0.3) is 0 Å². The van der Waals surface area contributed by atoms with Gasteiger partial charge in [0, 0.05) is 16.5 Å². The molecule has 3 heteroatoms. The van der Waals surface area contributed by atoms with Crippen molar-refractivity contribution in [2.24, 2.45) is 0 Å². The SMILES string of the molecule is COC(=O)c1cc(C(C)(C)C)nc2cc(C)ccc12. The second-order valence-electron chi connectivity index (χ2n) is 5.82.